The van der Waals surface area contributed by atoms with Crippen molar-refractivity contribution < 1.29 is 4.74 Å². The maximum Gasteiger partial charge on any atom is 0.139 e. The minimum atomic E-state index is 0.211. The van der Waals surface area contributed by atoms with Crippen LogP contribution in [0.1, 0.15) is 29.3 Å². The van der Waals surface area contributed by atoms with Crippen LogP contribution in [-0.4, -0.2) is 22.5 Å². The number of benzene rings is 1. The summed E-state index contributed by atoms with van der Waals surface area (Å²) in [5, 5.41) is 3.60. The van der Waals surface area contributed by atoms with Gasteiger partial charge in [-0.15, -0.1) is 0 Å². The van der Waals surface area contributed by atoms with Gasteiger partial charge in [0.05, 0.1) is 18.0 Å². The van der Waals surface area contributed by atoms with Gasteiger partial charge in [0.2, 0.25) is 0 Å². The second-order valence-corrected chi connectivity index (χ2v) is 6.52. The Morgan fingerprint density at radius 1 is 1.21 bits per heavy atom. The van der Waals surface area contributed by atoms with Crippen molar-refractivity contribution in [2.75, 3.05) is 13.2 Å². The lowest BCUT2D eigenvalue weighted by Crippen LogP contribution is -2.25. The van der Waals surface area contributed by atoms with Gasteiger partial charge in [0.15, 0.2) is 0 Å². The predicted octanol–water partition coefficient (Wildman–Crippen LogP) is 3.51. The number of hydrogen-bond donors (Lipinski definition) is 1. The van der Waals surface area contributed by atoms with Crippen LogP contribution in [0, 0.1) is 12.8 Å². The van der Waals surface area contributed by atoms with Gasteiger partial charge in [-0.1, -0.05) is 36.4 Å². The molecule has 4 heteroatoms. The highest BCUT2D eigenvalue weighted by molar-refractivity contribution is 5.48. The van der Waals surface area contributed by atoms with Crippen LogP contribution in [-0.2, 0) is 11.3 Å². The molecule has 0 radical (unpaired) electrons. The highest BCUT2D eigenvalue weighted by atomic mass is 16.5. The van der Waals surface area contributed by atoms with Crippen molar-refractivity contribution in [3.05, 3.63) is 71.7 Å². The van der Waals surface area contributed by atoms with E-state index in [0.717, 1.165) is 31.8 Å². The lowest BCUT2D eigenvalue weighted by Gasteiger charge is -2.19. The fourth-order valence-corrected chi connectivity index (χ4v) is 3.57. The van der Waals surface area contributed by atoms with Crippen molar-refractivity contribution in [3.63, 3.8) is 0 Å². The molecule has 124 valence electrons. The first kappa shape index (κ1) is 15.4. The summed E-state index contributed by atoms with van der Waals surface area (Å²) in [6.45, 7) is 4.72. The number of aryl methyl sites for hydroxylation is 1. The molecule has 1 aromatic carbocycles. The molecule has 1 aliphatic heterocycles. The third-order valence-corrected chi connectivity index (χ3v) is 4.86. The van der Waals surface area contributed by atoms with Gasteiger partial charge >= 0.3 is 0 Å². The van der Waals surface area contributed by atoms with E-state index in [1.807, 2.05) is 6.20 Å². The molecule has 1 fully saturated rings. The predicted molar refractivity (Wildman–Crippen MR) is 94.9 cm³/mol. The number of pyridine rings is 1. The molecule has 0 bridgehead atoms. The molecule has 3 aromatic rings. The molecule has 1 aliphatic rings. The number of rotatable bonds is 5. The average Bonchev–Trinajstić information content (AvgIpc) is 3.24. The van der Waals surface area contributed by atoms with Crippen molar-refractivity contribution in [2.45, 2.75) is 26.0 Å². The lowest BCUT2D eigenvalue weighted by molar-refractivity contribution is 0.0904. The van der Waals surface area contributed by atoms with E-state index in [9.17, 15) is 0 Å². The van der Waals surface area contributed by atoms with Gasteiger partial charge in [0, 0.05) is 31.8 Å². The molecule has 2 aromatic heterocycles. The van der Waals surface area contributed by atoms with Crippen LogP contribution in [0.15, 0.2) is 54.9 Å². The van der Waals surface area contributed by atoms with Gasteiger partial charge in [-0.05, 0) is 30.5 Å². The monoisotopic (exact) mass is 321 g/mol. The molecule has 1 N–H and O–H groups in total. The normalized spacial score (nSPS) is 20.7. The average molecular weight is 321 g/mol. The molecule has 1 saturated heterocycles. The summed E-state index contributed by atoms with van der Waals surface area (Å²) in [5.74, 6) is 0.522. The highest BCUT2D eigenvalue weighted by Gasteiger charge is 2.29. The highest BCUT2D eigenvalue weighted by Crippen LogP contribution is 2.33. The van der Waals surface area contributed by atoms with Crippen molar-refractivity contribution in [1.82, 2.24) is 14.7 Å². The fourth-order valence-electron chi connectivity index (χ4n) is 3.57. The molecule has 2 atom stereocenters. The van der Waals surface area contributed by atoms with Crippen LogP contribution in [0.4, 0.5) is 0 Å². The van der Waals surface area contributed by atoms with Gasteiger partial charge in [-0.2, -0.15) is 0 Å². The standard InChI is InChI=1S/C20H23N3O/c1-15-6-5-10-23-18(14-22-20(15)23)13-21-12-17-9-11-24-19(17)16-7-3-2-4-8-16/h2-8,10,14,17,19,21H,9,11-13H2,1H3/t17-,19-/m1/s1. The molecule has 3 heterocycles. The Bertz CT molecular complexity index is 812. The Kier molecular flexibility index (Phi) is 4.32. The van der Waals surface area contributed by atoms with E-state index in [0.29, 0.717) is 5.92 Å². The van der Waals surface area contributed by atoms with Crippen LogP contribution < -0.4 is 5.32 Å². The van der Waals surface area contributed by atoms with Crippen molar-refractivity contribution in [1.29, 1.82) is 0 Å². The summed E-state index contributed by atoms with van der Waals surface area (Å²) in [7, 11) is 0. The number of ether oxygens (including phenoxy) is 1. The molecule has 0 unspecified atom stereocenters. The first-order valence-electron chi connectivity index (χ1n) is 8.62. The first-order valence-corrected chi connectivity index (χ1v) is 8.62. The van der Waals surface area contributed by atoms with Gasteiger partial charge in [-0.3, -0.25) is 0 Å². The zero-order valence-electron chi connectivity index (χ0n) is 14.0. The molecule has 4 nitrogen and oxygen atoms in total. The van der Waals surface area contributed by atoms with Crippen molar-refractivity contribution in [3.8, 4) is 0 Å². The molecule has 0 saturated carbocycles. The zero-order chi connectivity index (χ0) is 16.4. The molecular formula is C20H23N3O. The van der Waals surface area contributed by atoms with Crippen LogP contribution in [0.5, 0.6) is 0 Å². The number of hydrogen-bond acceptors (Lipinski definition) is 3. The maximum absolute atomic E-state index is 5.97. The van der Waals surface area contributed by atoms with E-state index in [1.165, 1.54) is 16.8 Å². The van der Waals surface area contributed by atoms with Crippen LogP contribution in [0.2, 0.25) is 0 Å². The molecule has 0 amide bonds. The summed E-state index contributed by atoms with van der Waals surface area (Å²) in [4.78, 5) is 4.53. The van der Waals surface area contributed by atoms with Crippen LogP contribution >= 0.6 is 0 Å². The third kappa shape index (κ3) is 2.95. The minimum absolute atomic E-state index is 0.211. The molecule has 0 spiro atoms. The summed E-state index contributed by atoms with van der Waals surface area (Å²) >= 11 is 0. The minimum Gasteiger partial charge on any atom is -0.373 e. The summed E-state index contributed by atoms with van der Waals surface area (Å²) < 4.78 is 8.14. The van der Waals surface area contributed by atoms with E-state index < -0.39 is 0 Å². The first-order chi connectivity index (χ1) is 11.8. The Labute approximate surface area is 142 Å². The Hall–Kier alpha value is -2.17. The van der Waals surface area contributed by atoms with E-state index in [4.69, 9.17) is 4.74 Å². The Morgan fingerprint density at radius 3 is 2.96 bits per heavy atom. The van der Waals surface area contributed by atoms with Crippen molar-refractivity contribution >= 4 is 5.65 Å². The number of nitrogens with one attached hydrogen (secondary N) is 1. The number of imidazole rings is 1. The second kappa shape index (κ2) is 6.75. The molecular weight excluding hydrogens is 298 g/mol. The topological polar surface area (TPSA) is 38.6 Å². The van der Waals surface area contributed by atoms with E-state index >= 15 is 0 Å². The maximum atomic E-state index is 5.97. The number of fused-ring (bicyclic) bond motifs is 1. The summed E-state index contributed by atoms with van der Waals surface area (Å²) in [6.07, 6.45) is 5.37. The SMILES string of the molecule is Cc1cccn2c(CNC[C@H]3CCO[C@@H]3c3ccccc3)cnc12. The number of nitrogens with zero attached hydrogens (tertiary/aromatic N) is 2. The Morgan fingerprint density at radius 2 is 2.08 bits per heavy atom. The van der Waals surface area contributed by atoms with Gasteiger partial charge in [0.25, 0.3) is 0 Å². The lowest BCUT2D eigenvalue weighted by atomic mass is 9.95. The molecule has 0 aliphatic carbocycles. The van der Waals surface area contributed by atoms with Crippen molar-refractivity contribution in [2.24, 2.45) is 5.92 Å². The largest absolute Gasteiger partial charge is 0.373 e. The third-order valence-electron chi connectivity index (χ3n) is 4.86. The van der Waals surface area contributed by atoms with Gasteiger partial charge < -0.3 is 14.5 Å². The number of aromatic nitrogens is 2. The van der Waals surface area contributed by atoms with Gasteiger partial charge in [0.1, 0.15) is 5.65 Å². The fraction of sp³-hybridized carbons (Fsp3) is 0.350. The van der Waals surface area contributed by atoms with E-state index in [-0.39, 0.29) is 6.10 Å². The quantitative estimate of drug-likeness (QED) is 0.781. The Balaban J connectivity index is 1.40. The smallest absolute Gasteiger partial charge is 0.139 e. The van der Waals surface area contributed by atoms with Crippen LogP contribution in [0.25, 0.3) is 5.65 Å². The summed E-state index contributed by atoms with van der Waals surface area (Å²) in [6, 6.07) is 14.7. The zero-order valence-corrected chi connectivity index (χ0v) is 14.0. The summed E-state index contributed by atoms with van der Waals surface area (Å²) in [5.41, 5.74) is 4.73. The molecule has 4 rings (SSSR count). The van der Waals surface area contributed by atoms with E-state index in [2.05, 4.69) is 70.3 Å². The second-order valence-electron chi connectivity index (χ2n) is 6.52. The van der Waals surface area contributed by atoms with E-state index in [1.54, 1.807) is 0 Å². The van der Waals surface area contributed by atoms with Crippen LogP contribution in [0.3, 0.4) is 0 Å². The van der Waals surface area contributed by atoms with Gasteiger partial charge in [-0.25, -0.2) is 4.98 Å². The molecule has 24 heavy (non-hydrogen) atoms.